The number of carbonyl (C=O) groups excluding carboxylic acids is 2. The van der Waals surface area contributed by atoms with E-state index in [1.165, 1.54) is 4.68 Å². The number of hydrogen-bond acceptors (Lipinski definition) is 3. The van der Waals surface area contributed by atoms with Crippen LogP contribution in [0.3, 0.4) is 0 Å². The van der Waals surface area contributed by atoms with Crippen molar-refractivity contribution in [1.29, 1.82) is 0 Å². The Balaban J connectivity index is 1.76. The largest absolute Gasteiger partial charge is 0.331 e. The zero-order valence-corrected chi connectivity index (χ0v) is 21.1. The van der Waals surface area contributed by atoms with Crippen LogP contribution in [0.15, 0.2) is 71.8 Å². The van der Waals surface area contributed by atoms with Crippen LogP contribution >= 0.6 is 11.6 Å². The number of aryl methyl sites for hydroxylation is 4. The van der Waals surface area contributed by atoms with Crippen molar-refractivity contribution in [3.63, 3.8) is 0 Å². The van der Waals surface area contributed by atoms with Gasteiger partial charge in [0.15, 0.2) is 12.4 Å². The summed E-state index contributed by atoms with van der Waals surface area (Å²) in [5.41, 5.74) is 4.38. The van der Waals surface area contributed by atoms with Crippen molar-refractivity contribution >= 4 is 40.4 Å². The number of aromatic nitrogens is 3. The summed E-state index contributed by atoms with van der Waals surface area (Å²) >= 11 is 6.01. The summed E-state index contributed by atoms with van der Waals surface area (Å²) in [7, 11) is 0. The minimum absolute atomic E-state index is 0.0558. The maximum atomic E-state index is 13.9. The molecule has 1 N–H and O–H groups in total. The van der Waals surface area contributed by atoms with Crippen LogP contribution in [0.4, 0.5) is 5.69 Å². The van der Waals surface area contributed by atoms with Crippen LogP contribution in [0.1, 0.15) is 27.9 Å². The number of carbonyl (C=O) groups is 2. The fraction of sp³-hybridized carbons (Fsp3) is 0.143. The van der Waals surface area contributed by atoms with Crippen LogP contribution in [0, 0.1) is 27.7 Å². The normalized spacial score (nSPS) is 13.8. The van der Waals surface area contributed by atoms with E-state index in [1.807, 2.05) is 39.0 Å². The predicted molar refractivity (Wildman–Crippen MR) is 139 cm³/mol. The maximum Gasteiger partial charge on any atom is 0.331 e. The average molecular weight is 500 g/mol. The van der Waals surface area contributed by atoms with Crippen LogP contribution in [0.5, 0.6) is 0 Å². The second-order valence-corrected chi connectivity index (χ2v) is 9.39. The molecule has 2 amide bonds. The van der Waals surface area contributed by atoms with Crippen molar-refractivity contribution in [1.82, 2.24) is 9.78 Å². The molecular formula is C28H24ClN4O3+. The van der Waals surface area contributed by atoms with E-state index in [9.17, 15) is 14.4 Å². The smallest absolute Gasteiger partial charge is 0.295 e. The summed E-state index contributed by atoms with van der Waals surface area (Å²) in [6.07, 6.45) is 3.54. The minimum atomic E-state index is -0.549. The van der Waals surface area contributed by atoms with E-state index < -0.39 is 17.4 Å². The highest BCUT2D eigenvalue weighted by Gasteiger charge is 2.48. The summed E-state index contributed by atoms with van der Waals surface area (Å²) in [5.74, 6) is -1.04. The molecular weight excluding hydrogens is 476 g/mol. The molecule has 0 saturated carbocycles. The first-order valence-electron chi connectivity index (χ1n) is 11.4. The highest BCUT2D eigenvalue weighted by molar-refractivity contribution is 6.53. The second-order valence-electron chi connectivity index (χ2n) is 8.95. The first-order chi connectivity index (χ1) is 17.2. The molecule has 0 bridgehead atoms. The van der Waals surface area contributed by atoms with E-state index in [2.05, 4.69) is 5.10 Å². The van der Waals surface area contributed by atoms with Gasteiger partial charge < -0.3 is 0 Å². The molecule has 7 nitrogen and oxygen atoms in total. The van der Waals surface area contributed by atoms with Crippen molar-refractivity contribution in [3.8, 4) is 5.69 Å². The maximum absolute atomic E-state index is 13.9. The van der Waals surface area contributed by atoms with Crippen molar-refractivity contribution in [2.75, 3.05) is 4.90 Å². The first-order valence-corrected chi connectivity index (χ1v) is 11.8. The third-order valence-corrected chi connectivity index (χ3v) is 6.71. The lowest BCUT2D eigenvalue weighted by Crippen LogP contribution is -2.40. The van der Waals surface area contributed by atoms with E-state index in [1.54, 1.807) is 60.3 Å². The molecule has 1 aliphatic rings. The molecule has 36 heavy (non-hydrogen) atoms. The molecule has 2 aromatic heterocycles. The predicted octanol–water partition coefficient (Wildman–Crippen LogP) is 4.28. The summed E-state index contributed by atoms with van der Waals surface area (Å²) in [6, 6.07) is 15.8. The van der Waals surface area contributed by atoms with Gasteiger partial charge in [-0.25, -0.2) is 9.58 Å². The quantitative estimate of drug-likeness (QED) is 0.336. The number of nitrogens with zero attached hydrogens (tertiary/aromatic N) is 3. The van der Waals surface area contributed by atoms with Gasteiger partial charge in [0, 0.05) is 22.3 Å². The highest BCUT2D eigenvalue weighted by atomic mass is 35.5. The van der Waals surface area contributed by atoms with E-state index >= 15 is 0 Å². The van der Waals surface area contributed by atoms with Gasteiger partial charge in [-0.1, -0.05) is 29.3 Å². The molecule has 3 heterocycles. The monoisotopic (exact) mass is 499 g/mol. The topological polar surface area (TPSA) is 79.1 Å². The van der Waals surface area contributed by atoms with Gasteiger partial charge in [-0.15, -0.1) is 0 Å². The van der Waals surface area contributed by atoms with Gasteiger partial charge in [0.2, 0.25) is 0 Å². The molecule has 0 fully saturated rings. The number of halogens is 1. The van der Waals surface area contributed by atoms with E-state index in [4.69, 9.17) is 11.6 Å². The Morgan fingerprint density at radius 1 is 0.778 bits per heavy atom. The van der Waals surface area contributed by atoms with Crippen molar-refractivity contribution in [2.45, 2.75) is 27.7 Å². The number of hydrogen-bond donors (Lipinski definition) is 1. The van der Waals surface area contributed by atoms with Crippen molar-refractivity contribution in [3.05, 3.63) is 110 Å². The number of aromatic amines is 1. The third kappa shape index (κ3) is 3.78. The lowest BCUT2D eigenvalue weighted by molar-refractivity contribution is -0.577. The molecule has 0 spiro atoms. The van der Waals surface area contributed by atoms with Gasteiger partial charge in [0.05, 0.1) is 16.9 Å². The van der Waals surface area contributed by atoms with Crippen LogP contribution < -0.4 is 15.0 Å². The second kappa shape index (κ2) is 8.77. The summed E-state index contributed by atoms with van der Waals surface area (Å²) in [4.78, 5) is 42.5. The third-order valence-electron chi connectivity index (χ3n) is 6.46. The Labute approximate surface area is 212 Å². The fourth-order valence-electron chi connectivity index (χ4n) is 4.34. The van der Waals surface area contributed by atoms with E-state index in [0.717, 1.165) is 21.6 Å². The number of amides is 2. The number of benzene rings is 2. The number of rotatable bonds is 4. The van der Waals surface area contributed by atoms with Gasteiger partial charge in [0.25, 0.3) is 17.2 Å². The number of pyridine rings is 1. The Morgan fingerprint density at radius 2 is 1.42 bits per heavy atom. The van der Waals surface area contributed by atoms with Crippen molar-refractivity contribution < 1.29 is 14.2 Å². The number of nitrogens with one attached hydrogen (secondary N) is 1. The lowest BCUT2D eigenvalue weighted by atomic mass is 10.0. The standard InChI is InChI=1S/C28H23ClN4O3/c1-16-5-9-21(10-6-16)32-26(34)24(25(28(32)36)31-14-13-17(2)18(3)15-31)23-19(4)30-33(27(23)35)22-11-7-20(29)8-12-22/h5-15H,1-4H3/p+1. The highest BCUT2D eigenvalue weighted by Crippen LogP contribution is 2.33. The Hall–Kier alpha value is -4.23. The van der Waals surface area contributed by atoms with Crippen LogP contribution in [0.2, 0.25) is 5.02 Å². The minimum Gasteiger partial charge on any atom is -0.295 e. The number of H-pyrrole nitrogens is 1. The van der Waals surface area contributed by atoms with Crippen molar-refractivity contribution in [2.24, 2.45) is 0 Å². The lowest BCUT2D eigenvalue weighted by Gasteiger charge is -2.14. The Kier molecular flexibility index (Phi) is 5.73. The van der Waals surface area contributed by atoms with Gasteiger partial charge in [-0.05, 0) is 69.7 Å². The average Bonchev–Trinajstić information content (AvgIpc) is 3.28. The zero-order chi connectivity index (χ0) is 25.7. The fourth-order valence-corrected chi connectivity index (χ4v) is 4.47. The van der Waals surface area contributed by atoms with E-state index in [0.29, 0.717) is 22.1 Å². The molecule has 8 heteroatoms. The van der Waals surface area contributed by atoms with Gasteiger partial charge >= 0.3 is 5.91 Å². The van der Waals surface area contributed by atoms with Gasteiger partial charge in [-0.3, -0.25) is 19.5 Å². The van der Waals surface area contributed by atoms with Gasteiger partial charge in [-0.2, -0.15) is 4.57 Å². The molecule has 0 unspecified atom stereocenters. The van der Waals surface area contributed by atoms with Crippen LogP contribution in [-0.4, -0.2) is 21.6 Å². The molecule has 5 rings (SSSR count). The molecule has 0 radical (unpaired) electrons. The summed E-state index contributed by atoms with van der Waals surface area (Å²) in [6.45, 7) is 7.54. The molecule has 0 aliphatic carbocycles. The molecule has 0 saturated heterocycles. The molecule has 1 aliphatic heterocycles. The van der Waals surface area contributed by atoms with Crippen LogP contribution in [0.25, 0.3) is 17.0 Å². The first kappa shape index (κ1) is 23.5. The zero-order valence-electron chi connectivity index (χ0n) is 20.3. The molecule has 4 aromatic rings. The van der Waals surface area contributed by atoms with E-state index in [-0.39, 0.29) is 16.8 Å². The molecule has 0 atom stereocenters. The number of imide groups is 1. The van der Waals surface area contributed by atoms with Gasteiger partial charge in [0.1, 0.15) is 5.57 Å². The SMILES string of the molecule is Cc1ccc(N2C(=O)C(c3c(C)[nH]n(-c4ccc(Cl)cc4)c3=O)=C([n+]3ccc(C)c(C)c3)C2=O)cc1. The van der Waals surface area contributed by atoms with Crippen LogP contribution in [-0.2, 0) is 9.59 Å². The number of anilines is 1. The Morgan fingerprint density at radius 3 is 2.06 bits per heavy atom. The summed E-state index contributed by atoms with van der Waals surface area (Å²) in [5, 5.41) is 3.59. The Bertz CT molecular complexity index is 1630. The molecule has 180 valence electrons. The summed E-state index contributed by atoms with van der Waals surface area (Å²) < 4.78 is 2.98. The molecule has 2 aromatic carbocycles.